The monoisotopic (exact) mass is 491 g/mol. The summed E-state index contributed by atoms with van der Waals surface area (Å²) >= 11 is 1.70. The van der Waals surface area contributed by atoms with Crippen molar-refractivity contribution in [1.82, 2.24) is 19.7 Å². The van der Waals surface area contributed by atoms with Crippen molar-refractivity contribution in [2.24, 2.45) is 0 Å². The highest BCUT2D eigenvalue weighted by Gasteiger charge is 2.23. The van der Waals surface area contributed by atoms with Gasteiger partial charge < -0.3 is 15.0 Å². The number of methoxy groups -OCH3 is 1. The van der Waals surface area contributed by atoms with Crippen molar-refractivity contribution >= 4 is 39.9 Å². The number of carbonyl (C=O) groups excluding carboxylic acids is 2. The standard InChI is InChI=1S/C26H29N5O3S/c1-15(2)31-25-22(13-27-31)21(12-23(29-25)20-11-16(3)35-17(20)4)26(33)30(5)14-24(32)28-18-7-9-19(34-6)10-8-18/h7-13,15H,14H2,1-6H3,(H,28,32). The highest BCUT2D eigenvalue weighted by molar-refractivity contribution is 7.12. The molecule has 0 saturated carbocycles. The molecule has 4 aromatic rings. The van der Waals surface area contributed by atoms with Gasteiger partial charge in [-0.25, -0.2) is 9.67 Å². The summed E-state index contributed by atoms with van der Waals surface area (Å²) in [6.07, 6.45) is 1.68. The van der Waals surface area contributed by atoms with Crippen molar-refractivity contribution < 1.29 is 14.3 Å². The third-order valence-electron chi connectivity index (χ3n) is 5.70. The number of anilines is 1. The average Bonchev–Trinajstić information content (AvgIpc) is 3.40. The van der Waals surface area contributed by atoms with Gasteiger partial charge in [0.25, 0.3) is 5.91 Å². The minimum atomic E-state index is -0.293. The van der Waals surface area contributed by atoms with Crippen LogP contribution in [-0.4, -0.2) is 52.2 Å². The van der Waals surface area contributed by atoms with E-state index in [4.69, 9.17) is 9.72 Å². The van der Waals surface area contributed by atoms with Gasteiger partial charge in [0.1, 0.15) is 5.75 Å². The molecule has 0 unspecified atom stereocenters. The van der Waals surface area contributed by atoms with Crippen LogP contribution < -0.4 is 10.1 Å². The van der Waals surface area contributed by atoms with Crippen LogP contribution in [0.25, 0.3) is 22.3 Å². The van der Waals surface area contributed by atoms with Crippen LogP contribution in [0.1, 0.15) is 40.0 Å². The number of benzene rings is 1. The van der Waals surface area contributed by atoms with Gasteiger partial charge in [0.05, 0.1) is 36.5 Å². The van der Waals surface area contributed by atoms with Crippen LogP contribution >= 0.6 is 11.3 Å². The first-order chi connectivity index (χ1) is 16.7. The Hall–Kier alpha value is -3.72. The molecule has 1 N–H and O–H groups in total. The second kappa shape index (κ2) is 9.87. The number of rotatable bonds is 7. The zero-order valence-corrected chi connectivity index (χ0v) is 21.6. The van der Waals surface area contributed by atoms with Gasteiger partial charge in [-0.15, -0.1) is 11.3 Å². The Kier molecular flexibility index (Phi) is 6.88. The van der Waals surface area contributed by atoms with Crippen molar-refractivity contribution in [3.8, 4) is 17.0 Å². The molecule has 0 spiro atoms. The first-order valence-corrected chi connectivity index (χ1v) is 12.1. The van der Waals surface area contributed by atoms with Gasteiger partial charge in [0.15, 0.2) is 5.65 Å². The fourth-order valence-corrected chi connectivity index (χ4v) is 4.90. The number of thiophene rings is 1. The summed E-state index contributed by atoms with van der Waals surface area (Å²) in [5, 5.41) is 7.97. The molecule has 4 rings (SSSR count). The Morgan fingerprint density at radius 2 is 1.89 bits per heavy atom. The Morgan fingerprint density at radius 1 is 1.17 bits per heavy atom. The summed E-state index contributed by atoms with van der Waals surface area (Å²) in [5.74, 6) is 0.140. The number of carbonyl (C=O) groups is 2. The van der Waals surface area contributed by atoms with E-state index in [1.54, 1.807) is 56.0 Å². The van der Waals surface area contributed by atoms with Gasteiger partial charge in [-0.05, 0) is 64.1 Å². The molecule has 0 bridgehead atoms. The van der Waals surface area contributed by atoms with Crippen LogP contribution in [0, 0.1) is 13.8 Å². The lowest BCUT2D eigenvalue weighted by Gasteiger charge is -2.18. The molecule has 3 heterocycles. The number of pyridine rings is 1. The lowest BCUT2D eigenvalue weighted by atomic mass is 10.1. The molecule has 0 saturated heterocycles. The van der Waals surface area contributed by atoms with E-state index in [2.05, 4.69) is 30.3 Å². The molecule has 0 atom stereocenters. The molecule has 0 fully saturated rings. The normalized spacial score (nSPS) is 11.2. The molecule has 182 valence electrons. The molecule has 35 heavy (non-hydrogen) atoms. The summed E-state index contributed by atoms with van der Waals surface area (Å²) < 4.78 is 6.96. The molecular weight excluding hydrogens is 462 g/mol. The van der Waals surface area contributed by atoms with E-state index < -0.39 is 0 Å². The lowest BCUT2D eigenvalue weighted by Crippen LogP contribution is -2.35. The second-order valence-electron chi connectivity index (χ2n) is 8.74. The van der Waals surface area contributed by atoms with Gasteiger partial charge in [0, 0.05) is 34.1 Å². The van der Waals surface area contributed by atoms with Crippen molar-refractivity contribution in [2.45, 2.75) is 33.7 Å². The van der Waals surface area contributed by atoms with Crippen LogP contribution in [0.3, 0.4) is 0 Å². The van der Waals surface area contributed by atoms with E-state index in [1.165, 1.54) is 9.78 Å². The number of aryl methyl sites for hydroxylation is 2. The van der Waals surface area contributed by atoms with Crippen molar-refractivity contribution in [1.29, 1.82) is 0 Å². The molecule has 0 radical (unpaired) electrons. The molecule has 0 aliphatic heterocycles. The number of aromatic nitrogens is 3. The van der Waals surface area contributed by atoms with Gasteiger partial charge in [0.2, 0.25) is 5.91 Å². The third-order valence-corrected chi connectivity index (χ3v) is 6.67. The van der Waals surface area contributed by atoms with E-state index in [0.29, 0.717) is 28.0 Å². The SMILES string of the molecule is COc1ccc(NC(=O)CN(C)C(=O)c2cc(-c3cc(C)sc3C)nc3c2cnn3C(C)C)cc1. The van der Waals surface area contributed by atoms with E-state index in [0.717, 1.165) is 16.1 Å². The maximum atomic E-state index is 13.6. The first-order valence-electron chi connectivity index (χ1n) is 11.3. The Labute approximate surface area is 208 Å². The van der Waals surface area contributed by atoms with Crippen molar-refractivity contribution in [2.75, 3.05) is 26.0 Å². The van der Waals surface area contributed by atoms with Gasteiger partial charge >= 0.3 is 0 Å². The molecule has 2 amide bonds. The van der Waals surface area contributed by atoms with Gasteiger partial charge in [-0.2, -0.15) is 5.10 Å². The molecule has 9 heteroatoms. The van der Waals surface area contributed by atoms with Crippen LogP contribution in [0.4, 0.5) is 5.69 Å². The summed E-state index contributed by atoms with van der Waals surface area (Å²) in [7, 11) is 3.20. The lowest BCUT2D eigenvalue weighted by molar-refractivity contribution is -0.116. The first kappa shape index (κ1) is 24.4. The number of likely N-dealkylation sites (N-methyl/N-ethyl adjacent to an activating group) is 1. The molecule has 0 aliphatic rings. The van der Waals surface area contributed by atoms with Crippen molar-refractivity contribution in [3.63, 3.8) is 0 Å². The van der Waals surface area contributed by atoms with E-state index >= 15 is 0 Å². The second-order valence-corrected chi connectivity index (χ2v) is 10.2. The summed E-state index contributed by atoms with van der Waals surface area (Å²) in [4.78, 5) is 34.8. The van der Waals surface area contributed by atoms with Crippen molar-refractivity contribution in [3.05, 3.63) is 57.9 Å². The quantitative estimate of drug-likeness (QED) is 0.390. The number of hydrogen-bond donors (Lipinski definition) is 1. The Balaban J connectivity index is 1.64. The average molecular weight is 492 g/mol. The topological polar surface area (TPSA) is 89.3 Å². The Morgan fingerprint density at radius 3 is 2.49 bits per heavy atom. The highest BCUT2D eigenvalue weighted by atomic mass is 32.1. The molecule has 0 aliphatic carbocycles. The van der Waals surface area contributed by atoms with Gasteiger partial charge in [-0.1, -0.05) is 0 Å². The Bertz CT molecular complexity index is 1390. The zero-order valence-electron chi connectivity index (χ0n) is 20.7. The van der Waals surface area contributed by atoms with Crippen LogP contribution in [0.15, 0.2) is 42.6 Å². The fourth-order valence-electron chi connectivity index (χ4n) is 3.96. The number of nitrogens with one attached hydrogen (secondary N) is 1. The third kappa shape index (κ3) is 5.05. The van der Waals surface area contributed by atoms with E-state index in [1.807, 2.05) is 24.6 Å². The fraction of sp³-hybridized carbons (Fsp3) is 0.308. The predicted molar refractivity (Wildman–Crippen MR) is 139 cm³/mol. The minimum absolute atomic E-state index is 0.0801. The smallest absolute Gasteiger partial charge is 0.254 e. The largest absolute Gasteiger partial charge is 0.497 e. The highest BCUT2D eigenvalue weighted by Crippen LogP contribution is 2.33. The minimum Gasteiger partial charge on any atom is -0.497 e. The molecule has 1 aromatic carbocycles. The number of hydrogen-bond acceptors (Lipinski definition) is 6. The van der Waals surface area contributed by atoms with E-state index in [9.17, 15) is 9.59 Å². The predicted octanol–water partition coefficient (Wildman–Crippen LogP) is 5.08. The van der Waals surface area contributed by atoms with Crippen LogP contribution in [-0.2, 0) is 4.79 Å². The number of amides is 2. The number of nitrogens with zero attached hydrogens (tertiary/aromatic N) is 4. The van der Waals surface area contributed by atoms with Crippen LogP contribution in [0.5, 0.6) is 5.75 Å². The number of ether oxygens (including phenoxy) is 1. The van der Waals surface area contributed by atoms with Gasteiger partial charge in [-0.3, -0.25) is 9.59 Å². The summed E-state index contributed by atoms with van der Waals surface area (Å²) in [5.41, 5.74) is 3.48. The van der Waals surface area contributed by atoms with Crippen LogP contribution in [0.2, 0.25) is 0 Å². The molecular formula is C26H29N5O3S. The number of fused-ring (bicyclic) bond motifs is 1. The maximum absolute atomic E-state index is 13.6. The van der Waals surface area contributed by atoms with E-state index in [-0.39, 0.29) is 24.4 Å². The molecule has 8 nitrogen and oxygen atoms in total. The summed E-state index contributed by atoms with van der Waals surface area (Å²) in [6, 6.07) is 11.0. The zero-order chi connectivity index (χ0) is 25.3. The summed E-state index contributed by atoms with van der Waals surface area (Å²) in [6.45, 7) is 8.06. The maximum Gasteiger partial charge on any atom is 0.254 e. The molecule has 3 aromatic heterocycles.